The van der Waals surface area contributed by atoms with Gasteiger partial charge in [-0.1, -0.05) is 0 Å². The summed E-state index contributed by atoms with van der Waals surface area (Å²) in [5.41, 5.74) is -1.55. The molecule has 7 N–H and O–H groups in total. The molecule has 2 aromatic carbocycles. The van der Waals surface area contributed by atoms with Crippen LogP contribution in [-0.2, 0) is 0 Å². The minimum absolute atomic E-state index is 0.558. The molecule has 0 amide bonds. The molecule has 0 atom stereocenters. The number of aromatic hydroxyl groups is 7. The van der Waals surface area contributed by atoms with E-state index in [0.717, 1.165) is 12.1 Å². The Kier molecular flexibility index (Phi) is 3.14. The van der Waals surface area contributed by atoms with Crippen molar-refractivity contribution in [1.29, 1.82) is 0 Å². The van der Waals surface area contributed by atoms with Crippen LogP contribution < -0.4 is 0 Å². The highest BCUT2D eigenvalue weighted by atomic mass is 16.3. The third-order valence-electron chi connectivity index (χ3n) is 2.78. The maximum absolute atomic E-state index is 12.2. The second-order valence-electron chi connectivity index (χ2n) is 4.18. The van der Waals surface area contributed by atoms with E-state index in [-0.39, 0.29) is 0 Å². The predicted molar refractivity (Wildman–Crippen MR) is 68.0 cm³/mol. The molecule has 2 rings (SSSR count). The lowest BCUT2D eigenvalue weighted by Crippen LogP contribution is -2.03. The monoisotopic (exact) mass is 294 g/mol. The molecule has 21 heavy (non-hydrogen) atoms. The topological polar surface area (TPSA) is 159 Å². The molecule has 0 unspecified atom stereocenters. The fourth-order valence-corrected chi connectivity index (χ4v) is 1.76. The van der Waals surface area contributed by atoms with E-state index in [0.29, 0.717) is 6.07 Å². The predicted octanol–water partition coefficient (Wildman–Crippen LogP) is 0.857. The summed E-state index contributed by atoms with van der Waals surface area (Å²) in [6.07, 6.45) is 0. The molecular formula is C13H10O8. The van der Waals surface area contributed by atoms with Crippen molar-refractivity contribution in [3.8, 4) is 40.2 Å². The van der Waals surface area contributed by atoms with Crippen molar-refractivity contribution in [3.63, 3.8) is 0 Å². The minimum Gasteiger partial charge on any atom is -0.508 e. The molecule has 0 spiro atoms. The van der Waals surface area contributed by atoms with Gasteiger partial charge in [0.2, 0.25) is 5.78 Å². The van der Waals surface area contributed by atoms with Crippen LogP contribution in [0.4, 0.5) is 0 Å². The molecule has 110 valence electrons. The highest BCUT2D eigenvalue weighted by Crippen LogP contribution is 2.44. The number of hydrogen-bond acceptors (Lipinski definition) is 8. The summed E-state index contributed by atoms with van der Waals surface area (Å²) in [5, 5.41) is 66.2. The van der Waals surface area contributed by atoms with Gasteiger partial charge in [0, 0.05) is 12.1 Å². The molecule has 0 saturated heterocycles. The summed E-state index contributed by atoms with van der Waals surface area (Å²) < 4.78 is 0. The van der Waals surface area contributed by atoms with Crippen LogP contribution in [0.15, 0.2) is 18.2 Å². The molecule has 0 radical (unpaired) electrons. The van der Waals surface area contributed by atoms with Crippen molar-refractivity contribution in [1.82, 2.24) is 0 Å². The van der Waals surface area contributed by atoms with E-state index in [1.807, 2.05) is 0 Å². The maximum Gasteiger partial charge on any atom is 0.204 e. The average molecular weight is 294 g/mol. The van der Waals surface area contributed by atoms with E-state index in [9.17, 15) is 40.5 Å². The zero-order chi connectivity index (χ0) is 15.9. The SMILES string of the molecule is O=C(c1cc(O)cc(O)c1O)c1c(O)c(O)cc(O)c1O. The van der Waals surface area contributed by atoms with Crippen LogP contribution in [0.3, 0.4) is 0 Å². The fourth-order valence-electron chi connectivity index (χ4n) is 1.76. The Bertz CT molecular complexity index is 724. The van der Waals surface area contributed by atoms with Gasteiger partial charge in [0.1, 0.15) is 11.3 Å². The molecule has 2 aromatic rings. The molecule has 0 heterocycles. The molecule has 0 aliphatic rings. The van der Waals surface area contributed by atoms with Gasteiger partial charge in [-0.15, -0.1) is 0 Å². The van der Waals surface area contributed by atoms with Gasteiger partial charge in [-0.25, -0.2) is 0 Å². The summed E-state index contributed by atoms with van der Waals surface area (Å²) in [7, 11) is 0. The number of hydrogen-bond donors (Lipinski definition) is 7. The Hall–Kier alpha value is -3.29. The van der Waals surface area contributed by atoms with Crippen molar-refractivity contribution in [2.24, 2.45) is 0 Å². The first-order valence-electron chi connectivity index (χ1n) is 5.50. The Morgan fingerprint density at radius 1 is 0.667 bits per heavy atom. The third-order valence-corrected chi connectivity index (χ3v) is 2.78. The quantitative estimate of drug-likeness (QED) is 0.244. The van der Waals surface area contributed by atoms with Crippen LogP contribution in [0.2, 0.25) is 0 Å². The molecule has 0 aliphatic carbocycles. The van der Waals surface area contributed by atoms with Gasteiger partial charge in [-0.05, 0) is 6.07 Å². The largest absolute Gasteiger partial charge is 0.508 e. The van der Waals surface area contributed by atoms with Crippen LogP contribution in [0.1, 0.15) is 15.9 Å². The molecule has 0 saturated carbocycles. The Morgan fingerprint density at radius 3 is 1.67 bits per heavy atom. The van der Waals surface area contributed by atoms with Gasteiger partial charge in [-0.3, -0.25) is 4.79 Å². The standard InChI is InChI=1S/C13H10O8/c14-4-1-5(10(18)6(15)2-4)11(19)9-12(20)7(16)3-8(17)13(9)21/h1-3,14-18,20-21H. The normalized spacial score (nSPS) is 10.5. The third kappa shape index (κ3) is 2.18. The Balaban J connectivity index is 2.72. The summed E-state index contributed by atoms with van der Waals surface area (Å²) in [6.45, 7) is 0. The fraction of sp³-hybridized carbons (Fsp3) is 0. The number of benzene rings is 2. The van der Waals surface area contributed by atoms with E-state index in [4.69, 9.17) is 0 Å². The van der Waals surface area contributed by atoms with Gasteiger partial charge in [0.15, 0.2) is 34.5 Å². The summed E-state index contributed by atoms with van der Waals surface area (Å²) >= 11 is 0. The lowest BCUT2D eigenvalue weighted by Gasteiger charge is -2.11. The number of phenols is 7. The molecular weight excluding hydrogens is 284 g/mol. The first-order valence-corrected chi connectivity index (χ1v) is 5.50. The summed E-state index contributed by atoms with van der Waals surface area (Å²) in [5.74, 6) is -7.32. The second-order valence-corrected chi connectivity index (χ2v) is 4.18. The first-order chi connectivity index (χ1) is 9.73. The van der Waals surface area contributed by atoms with E-state index >= 15 is 0 Å². The van der Waals surface area contributed by atoms with Crippen molar-refractivity contribution in [2.45, 2.75) is 0 Å². The van der Waals surface area contributed by atoms with E-state index in [1.54, 1.807) is 0 Å². The van der Waals surface area contributed by atoms with E-state index < -0.39 is 57.2 Å². The van der Waals surface area contributed by atoms with Gasteiger partial charge in [-0.2, -0.15) is 0 Å². The lowest BCUT2D eigenvalue weighted by molar-refractivity contribution is 0.102. The molecule has 0 aromatic heterocycles. The van der Waals surface area contributed by atoms with Crippen molar-refractivity contribution in [3.05, 3.63) is 29.3 Å². The molecule has 0 fully saturated rings. The number of carbonyl (C=O) groups is 1. The molecule has 0 bridgehead atoms. The number of phenolic OH excluding ortho intramolecular Hbond substituents is 7. The van der Waals surface area contributed by atoms with Gasteiger partial charge in [0.05, 0.1) is 5.56 Å². The van der Waals surface area contributed by atoms with E-state index in [2.05, 4.69) is 0 Å². The molecule has 8 heteroatoms. The van der Waals surface area contributed by atoms with Gasteiger partial charge >= 0.3 is 0 Å². The second kappa shape index (κ2) is 4.67. The van der Waals surface area contributed by atoms with Crippen LogP contribution in [0.25, 0.3) is 0 Å². The van der Waals surface area contributed by atoms with Crippen LogP contribution in [0.5, 0.6) is 40.2 Å². The maximum atomic E-state index is 12.2. The first kappa shape index (κ1) is 14.1. The zero-order valence-electron chi connectivity index (χ0n) is 10.3. The molecule has 8 nitrogen and oxygen atoms in total. The smallest absolute Gasteiger partial charge is 0.204 e. The van der Waals surface area contributed by atoms with Crippen LogP contribution in [-0.4, -0.2) is 41.5 Å². The van der Waals surface area contributed by atoms with E-state index in [1.165, 1.54) is 0 Å². The highest BCUT2D eigenvalue weighted by molar-refractivity contribution is 6.15. The Morgan fingerprint density at radius 2 is 1.14 bits per heavy atom. The van der Waals surface area contributed by atoms with Crippen molar-refractivity contribution < 1.29 is 40.5 Å². The van der Waals surface area contributed by atoms with Gasteiger partial charge in [0.25, 0.3) is 0 Å². The number of carbonyl (C=O) groups excluding carboxylic acids is 1. The van der Waals surface area contributed by atoms with Crippen molar-refractivity contribution in [2.75, 3.05) is 0 Å². The summed E-state index contributed by atoms with van der Waals surface area (Å²) in [6, 6.07) is 2.16. The Labute approximate surface area is 117 Å². The number of ketones is 1. The minimum atomic E-state index is -1.24. The molecule has 0 aliphatic heterocycles. The van der Waals surface area contributed by atoms with Crippen LogP contribution >= 0.6 is 0 Å². The van der Waals surface area contributed by atoms with Gasteiger partial charge < -0.3 is 35.7 Å². The summed E-state index contributed by atoms with van der Waals surface area (Å²) in [4.78, 5) is 12.2. The zero-order valence-corrected chi connectivity index (χ0v) is 10.3. The van der Waals surface area contributed by atoms with Crippen molar-refractivity contribution >= 4 is 5.78 Å². The average Bonchev–Trinajstić information content (AvgIpc) is 2.40. The highest BCUT2D eigenvalue weighted by Gasteiger charge is 2.27. The van der Waals surface area contributed by atoms with Crippen LogP contribution in [0, 0.1) is 0 Å². The lowest BCUT2D eigenvalue weighted by atomic mass is 9.99. The number of rotatable bonds is 2.